The molecule has 1 aromatic carbocycles. The van der Waals surface area contributed by atoms with Crippen LogP contribution in [0.25, 0.3) is 0 Å². The zero-order valence-electron chi connectivity index (χ0n) is 15.8. The number of nitrogens with one attached hydrogen (secondary N) is 1. The molecule has 1 saturated heterocycles. The first-order chi connectivity index (χ1) is 12.1. The molecule has 0 radical (unpaired) electrons. The first kappa shape index (κ1) is 19.9. The second-order valence-electron chi connectivity index (χ2n) is 6.49. The van der Waals surface area contributed by atoms with E-state index in [0.29, 0.717) is 24.4 Å². The Morgan fingerprint density at radius 2 is 2.08 bits per heavy atom. The van der Waals surface area contributed by atoms with Crippen LogP contribution in [0.2, 0.25) is 0 Å². The van der Waals surface area contributed by atoms with Gasteiger partial charge < -0.3 is 19.7 Å². The van der Waals surface area contributed by atoms with E-state index in [1.807, 2.05) is 19.2 Å². The molecule has 0 aliphatic carbocycles. The molecule has 2 rings (SSSR count). The highest BCUT2D eigenvalue weighted by molar-refractivity contribution is 8.00. The molecule has 1 aliphatic rings. The van der Waals surface area contributed by atoms with Crippen molar-refractivity contribution in [1.29, 1.82) is 0 Å². The fourth-order valence-electron chi connectivity index (χ4n) is 2.73. The van der Waals surface area contributed by atoms with Gasteiger partial charge in [0.2, 0.25) is 0 Å². The van der Waals surface area contributed by atoms with Crippen molar-refractivity contribution in [2.75, 3.05) is 46.2 Å². The fraction of sp³-hybridized carbons (Fsp3) is 0.632. The smallest absolute Gasteiger partial charge is 0.193 e. The van der Waals surface area contributed by atoms with Crippen molar-refractivity contribution in [3.05, 3.63) is 29.8 Å². The number of benzene rings is 1. The molecular formula is C19H31N3O2S. The van der Waals surface area contributed by atoms with Gasteiger partial charge in [0, 0.05) is 44.8 Å². The van der Waals surface area contributed by atoms with Crippen molar-refractivity contribution < 1.29 is 9.47 Å². The zero-order chi connectivity index (χ0) is 18.1. The van der Waals surface area contributed by atoms with Crippen LogP contribution in [0.4, 0.5) is 0 Å². The molecule has 140 valence electrons. The predicted octanol–water partition coefficient (Wildman–Crippen LogP) is 2.86. The van der Waals surface area contributed by atoms with Crippen LogP contribution >= 0.6 is 11.8 Å². The summed E-state index contributed by atoms with van der Waals surface area (Å²) in [4.78, 5) is 6.85. The number of thioether (sulfide) groups is 1. The van der Waals surface area contributed by atoms with Gasteiger partial charge in [-0.15, -0.1) is 0 Å². The van der Waals surface area contributed by atoms with Crippen LogP contribution in [-0.4, -0.2) is 62.3 Å². The summed E-state index contributed by atoms with van der Waals surface area (Å²) in [5.41, 5.74) is 1.21. The van der Waals surface area contributed by atoms with E-state index in [1.165, 1.54) is 5.56 Å². The lowest BCUT2D eigenvalue weighted by atomic mass is 10.1. The van der Waals surface area contributed by atoms with E-state index in [4.69, 9.17) is 9.47 Å². The number of guanidine groups is 1. The molecule has 1 N–H and O–H groups in total. The van der Waals surface area contributed by atoms with Crippen molar-refractivity contribution in [3.8, 4) is 5.75 Å². The van der Waals surface area contributed by atoms with Crippen LogP contribution in [0.15, 0.2) is 29.3 Å². The molecule has 1 atom stereocenters. The molecule has 6 heteroatoms. The molecule has 0 spiro atoms. The summed E-state index contributed by atoms with van der Waals surface area (Å²) in [5.74, 6) is 3.72. The lowest BCUT2D eigenvalue weighted by Crippen LogP contribution is -2.48. The van der Waals surface area contributed by atoms with Crippen LogP contribution < -0.4 is 10.1 Å². The quantitative estimate of drug-likeness (QED) is 0.457. The topological polar surface area (TPSA) is 46.1 Å². The van der Waals surface area contributed by atoms with E-state index in [9.17, 15) is 0 Å². The molecule has 0 saturated carbocycles. The van der Waals surface area contributed by atoms with Crippen molar-refractivity contribution >= 4 is 17.7 Å². The Kier molecular flexibility index (Phi) is 8.41. The standard InChI is InChI=1S/C19H31N3O2S/c1-15(2)18-14-22(9-12-25-18)19(20-3)21-13-16-5-7-17(8-6-16)24-11-10-23-4/h5-8,15,18H,9-14H2,1-4H3,(H,20,21). The molecule has 1 heterocycles. The molecule has 0 amide bonds. The van der Waals surface area contributed by atoms with Crippen LogP contribution in [0.3, 0.4) is 0 Å². The summed E-state index contributed by atoms with van der Waals surface area (Å²) in [5, 5.41) is 4.17. The fourth-order valence-corrected chi connectivity index (χ4v) is 4.03. The minimum absolute atomic E-state index is 0.574. The van der Waals surface area contributed by atoms with E-state index in [1.54, 1.807) is 7.11 Å². The van der Waals surface area contributed by atoms with Gasteiger partial charge in [0.05, 0.1) is 6.61 Å². The van der Waals surface area contributed by atoms with Crippen LogP contribution in [0.1, 0.15) is 19.4 Å². The summed E-state index contributed by atoms with van der Waals surface area (Å²) in [6.45, 7) is 8.66. The highest BCUT2D eigenvalue weighted by Crippen LogP contribution is 2.24. The molecule has 1 aromatic rings. The number of hydrogen-bond acceptors (Lipinski definition) is 4. The van der Waals surface area contributed by atoms with Crippen molar-refractivity contribution in [3.63, 3.8) is 0 Å². The number of aliphatic imine (C=N–C) groups is 1. The third-order valence-electron chi connectivity index (χ3n) is 4.28. The zero-order valence-corrected chi connectivity index (χ0v) is 16.6. The van der Waals surface area contributed by atoms with Gasteiger partial charge >= 0.3 is 0 Å². The van der Waals surface area contributed by atoms with Crippen molar-refractivity contribution in [1.82, 2.24) is 10.2 Å². The van der Waals surface area contributed by atoms with Crippen LogP contribution in [0.5, 0.6) is 5.75 Å². The second-order valence-corrected chi connectivity index (χ2v) is 7.83. The van der Waals surface area contributed by atoms with E-state index in [0.717, 1.165) is 37.1 Å². The van der Waals surface area contributed by atoms with Gasteiger partial charge in [-0.05, 0) is 23.6 Å². The molecular weight excluding hydrogens is 334 g/mol. The van der Waals surface area contributed by atoms with E-state index in [2.05, 4.69) is 53.0 Å². The second kappa shape index (κ2) is 10.6. The normalized spacial score (nSPS) is 18.5. The van der Waals surface area contributed by atoms with Gasteiger partial charge in [-0.25, -0.2) is 0 Å². The molecule has 0 bridgehead atoms. The average Bonchev–Trinajstić information content (AvgIpc) is 2.64. The highest BCUT2D eigenvalue weighted by Gasteiger charge is 2.24. The SMILES string of the molecule is CN=C(NCc1ccc(OCCOC)cc1)N1CCSC(C(C)C)C1. The maximum atomic E-state index is 5.60. The Bertz CT molecular complexity index is 534. The highest BCUT2D eigenvalue weighted by atomic mass is 32.2. The summed E-state index contributed by atoms with van der Waals surface area (Å²) in [6, 6.07) is 8.18. The summed E-state index contributed by atoms with van der Waals surface area (Å²) >= 11 is 2.08. The predicted molar refractivity (Wildman–Crippen MR) is 107 cm³/mol. The van der Waals surface area contributed by atoms with E-state index < -0.39 is 0 Å². The first-order valence-electron chi connectivity index (χ1n) is 8.92. The number of hydrogen-bond donors (Lipinski definition) is 1. The van der Waals surface area contributed by atoms with Crippen molar-refractivity contribution in [2.45, 2.75) is 25.6 Å². The Balaban J connectivity index is 1.84. The third-order valence-corrected chi connectivity index (χ3v) is 5.82. The molecule has 1 fully saturated rings. The number of rotatable bonds is 7. The molecule has 25 heavy (non-hydrogen) atoms. The van der Waals surface area contributed by atoms with Crippen LogP contribution in [-0.2, 0) is 11.3 Å². The largest absolute Gasteiger partial charge is 0.491 e. The van der Waals surface area contributed by atoms with E-state index >= 15 is 0 Å². The molecule has 5 nitrogen and oxygen atoms in total. The Labute approximate surface area is 156 Å². The van der Waals surface area contributed by atoms with Gasteiger partial charge in [0.1, 0.15) is 12.4 Å². The maximum absolute atomic E-state index is 5.60. The minimum atomic E-state index is 0.574. The summed E-state index contributed by atoms with van der Waals surface area (Å²) in [6.07, 6.45) is 0. The van der Waals surface area contributed by atoms with Gasteiger partial charge in [0.25, 0.3) is 0 Å². The number of methoxy groups -OCH3 is 1. The molecule has 0 aromatic heterocycles. The van der Waals surface area contributed by atoms with E-state index in [-0.39, 0.29) is 0 Å². The Morgan fingerprint density at radius 1 is 1.32 bits per heavy atom. The minimum Gasteiger partial charge on any atom is -0.491 e. The van der Waals surface area contributed by atoms with Gasteiger partial charge in [-0.2, -0.15) is 11.8 Å². The molecule has 1 aliphatic heterocycles. The van der Waals surface area contributed by atoms with Gasteiger partial charge in [0.15, 0.2) is 5.96 Å². The Hall–Kier alpha value is -1.40. The summed E-state index contributed by atoms with van der Waals surface area (Å²) in [7, 11) is 3.54. The lowest BCUT2D eigenvalue weighted by Gasteiger charge is -2.36. The number of ether oxygens (including phenoxy) is 2. The maximum Gasteiger partial charge on any atom is 0.193 e. The lowest BCUT2D eigenvalue weighted by molar-refractivity contribution is 0.146. The summed E-state index contributed by atoms with van der Waals surface area (Å²) < 4.78 is 10.6. The first-order valence-corrected chi connectivity index (χ1v) is 9.96. The Morgan fingerprint density at radius 3 is 2.72 bits per heavy atom. The third kappa shape index (κ3) is 6.44. The number of nitrogens with zero attached hydrogens (tertiary/aromatic N) is 2. The van der Waals surface area contributed by atoms with Gasteiger partial charge in [-0.1, -0.05) is 26.0 Å². The van der Waals surface area contributed by atoms with Gasteiger partial charge in [-0.3, -0.25) is 4.99 Å². The average molecular weight is 366 g/mol. The molecule has 1 unspecified atom stereocenters. The van der Waals surface area contributed by atoms with Crippen molar-refractivity contribution in [2.24, 2.45) is 10.9 Å². The van der Waals surface area contributed by atoms with Crippen LogP contribution in [0, 0.1) is 5.92 Å². The monoisotopic (exact) mass is 365 g/mol.